The summed E-state index contributed by atoms with van der Waals surface area (Å²) in [5, 5.41) is 0. The molecule has 2 saturated heterocycles. The average Bonchev–Trinajstić information content (AvgIpc) is 2.67. The molecule has 2 amide bonds. The van der Waals surface area contributed by atoms with E-state index in [4.69, 9.17) is 0 Å². The van der Waals surface area contributed by atoms with E-state index in [0.29, 0.717) is 52.0 Å². The van der Waals surface area contributed by atoms with Gasteiger partial charge in [-0.2, -0.15) is 0 Å². The molecule has 1 aromatic rings. The lowest BCUT2D eigenvalue weighted by atomic mass is 10.0. The third kappa shape index (κ3) is 4.55. The number of benzene rings is 1. The summed E-state index contributed by atoms with van der Waals surface area (Å²) in [6.07, 6.45) is 1.76. The second-order valence-corrected chi connectivity index (χ2v) is 9.75. The van der Waals surface area contributed by atoms with Crippen molar-refractivity contribution in [3.63, 3.8) is 0 Å². The fourth-order valence-electron chi connectivity index (χ4n) is 3.92. The highest BCUT2D eigenvalue weighted by atomic mass is 32.2. The van der Waals surface area contributed by atoms with E-state index in [-0.39, 0.29) is 11.8 Å². The van der Waals surface area contributed by atoms with Crippen LogP contribution in [0.2, 0.25) is 0 Å². The van der Waals surface area contributed by atoms with Crippen LogP contribution in [-0.4, -0.2) is 72.3 Å². The lowest BCUT2D eigenvalue weighted by Crippen LogP contribution is -2.59. The molecule has 1 aromatic carbocycles. The third-order valence-electron chi connectivity index (χ3n) is 5.56. The molecule has 2 aliphatic heterocycles. The maximum absolute atomic E-state index is 12.7. The van der Waals surface area contributed by atoms with Gasteiger partial charge in [-0.25, -0.2) is 12.7 Å². The number of carbonyl (C=O) groups excluding carboxylic acids is 2. The summed E-state index contributed by atoms with van der Waals surface area (Å²) in [6, 6.07) is 7.89. The first kappa shape index (κ1) is 20.8. The minimum Gasteiger partial charge on any atom is -0.330 e. The van der Waals surface area contributed by atoms with E-state index in [2.05, 4.69) is 0 Å². The van der Waals surface area contributed by atoms with Crippen LogP contribution in [0, 0.1) is 6.92 Å². The first-order chi connectivity index (χ1) is 13.3. The summed E-state index contributed by atoms with van der Waals surface area (Å²) in [6.45, 7) is 6.14. The van der Waals surface area contributed by atoms with Gasteiger partial charge in [0.15, 0.2) is 0 Å². The number of aryl methyl sites for hydroxylation is 1. The number of hydrogen-bond acceptors (Lipinski definition) is 4. The molecule has 0 aromatic heterocycles. The molecule has 0 atom stereocenters. The number of piperidine rings is 1. The van der Waals surface area contributed by atoms with Crippen molar-refractivity contribution in [2.75, 3.05) is 31.9 Å². The van der Waals surface area contributed by atoms with Gasteiger partial charge in [-0.05, 0) is 31.7 Å². The first-order valence-electron chi connectivity index (χ1n) is 9.95. The molecule has 0 unspecified atom stereocenters. The summed E-state index contributed by atoms with van der Waals surface area (Å²) < 4.78 is 25.9. The average molecular weight is 408 g/mol. The predicted octanol–water partition coefficient (Wildman–Crippen LogP) is 1.37. The van der Waals surface area contributed by atoms with Crippen molar-refractivity contribution in [3.05, 3.63) is 35.4 Å². The van der Waals surface area contributed by atoms with E-state index in [1.165, 1.54) is 4.31 Å². The van der Waals surface area contributed by atoms with E-state index < -0.39 is 21.8 Å². The SMILES string of the molecule is CCCS(=O)(=O)N1CCC(N2CCN(Cc3ccc(C)cc3)C(=O)C2=O)CC1. The lowest BCUT2D eigenvalue weighted by Gasteiger charge is -2.41. The normalized spacial score (nSPS) is 20.1. The zero-order valence-corrected chi connectivity index (χ0v) is 17.5. The Bertz CT molecular complexity index is 814. The first-order valence-corrected chi connectivity index (χ1v) is 11.6. The Morgan fingerprint density at radius 2 is 1.61 bits per heavy atom. The monoisotopic (exact) mass is 407 g/mol. The quantitative estimate of drug-likeness (QED) is 0.668. The highest BCUT2D eigenvalue weighted by Crippen LogP contribution is 2.22. The van der Waals surface area contributed by atoms with Crippen molar-refractivity contribution in [3.8, 4) is 0 Å². The molecule has 0 aliphatic carbocycles. The minimum atomic E-state index is -3.20. The summed E-state index contributed by atoms with van der Waals surface area (Å²) in [7, 11) is -3.20. The Kier molecular flexibility index (Phi) is 6.40. The van der Waals surface area contributed by atoms with E-state index in [1.807, 2.05) is 38.1 Å². The van der Waals surface area contributed by atoms with Crippen molar-refractivity contribution in [1.82, 2.24) is 14.1 Å². The fourth-order valence-corrected chi connectivity index (χ4v) is 5.46. The molecule has 2 aliphatic rings. The predicted molar refractivity (Wildman–Crippen MR) is 107 cm³/mol. The molecule has 0 saturated carbocycles. The second kappa shape index (κ2) is 8.61. The van der Waals surface area contributed by atoms with E-state index in [9.17, 15) is 18.0 Å². The van der Waals surface area contributed by atoms with Crippen LogP contribution in [0.3, 0.4) is 0 Å². The smallest absolute Gasteiger partial charge is 0.312 e. The van der Waals surface area contributed by atoms with Gasteiger partial charge in [-0.15, -0.1) is 0 Å². The molecule has 0 bridgehead atoms. The minimum absolute atomic E-state index is 0.0638. The number of hydrogen-bond donors (Lipinski definition) is 0. The molecule has 8 heteroatoms. The van der Waals surface area contributed by atoms with Crippen molar-refractivity contribution in [2.24, 2.45) is 0 Å². The van der Waals surface area contributed by atoms with Gasteiger partial charge in [0, 0.05) is 38.8 Å². The Morgan fingerprint density at radius 3 is 2.21 bits per heavy atom. The Hall–Kier alpha value is -1.93. The van der Waals surface area contributed by atoms with Gasteiger partial charge in [0.25, 0.3) is 0 Å². The van der Waals surface area contributed by atoms with Gasteiger partial charge in [0.1, 0.15) is 0 Å². The van der Waals surface area contributed by atoms with Crippen LogP contribution in [-0.2, 0) is 26.2 Å². The molecule has 0 spiro atoms. The lowest BCUT2D eigenvalue weighted by molar-refractivity contribution is -0.158. The number of carbonyl (C=O) groups is 2. The molecule has 0 N–H and O–H groups in total. The number of sulfonamides is 1. The van der Waals surface area contributed by atoms with Crippen molar-refractivity contribution >= 4 is 21.8 Å². The summed E-state index contributed by atoms with van der Waals surface area (Å²) >= 11 is 0. The van der Waals surface area contributed by atoms with E-state index >= 15 is 0 Å². The molecule has 28 heavy (non-hydrogen) atoms. The maximum atomic E-state index is 12.7. The fraction of sp³-hybridized carbons (Fsp3) is 0.600. The molecular weight excluding hydrogens is 378 g/mol. The molecule has 2 heterocycles. The largest absolute Gasteiger partial charge is 0.330 e. The van der Waals surface area contributed by atoms with Crippen LogP contribution >= 0.6 is 0 Å². The van der Waals surface area contributed by atoms with E-state index in [0.717, 1.165) is 11.1 Å². The maximum Gasteiger partial charge on any atom is 0.312 e. The van der Waals surface area contributed by atoms with Gasteiger partial charge in [0.05, 0.1) is 5.75 Å². The molecule has 154 valence electrons. The number of nitrogens with zero attached hydrogens (tertiary/aromatic N) is 3. The highest BCUT2D eigenvalue weighted by molar-refractivity contribution is 7.89. The number of piperazine rings is 1. The van der Waals surface area contributed by atoms with E-state index in [1.54, 1.807) is 9.80 Å². The number of amides is 2. The molecule has 3 rings (SSSR count). The van der Waals surface area contributed by atoms with Gasteiger partial charge in [-0.3, -0.25) is 9.59 Å². The standard InChI is InChI=1S/C20H29N3O4S/c1-3-14-28(26,27)22-10-8-18(9-11-22)23-13-12-21(19(24)20(23)25)15-17-6-4-16(2)5-7-17/h4-7,18H,3,8-15H2,1-2H3. The summed E-state index contributed by atoms with van der Waals surface area (Å²) in [5.41, 5.74) is 2.16. The van der Waals surface area contributed by atoms with Gasteiger partial charge in [-0.1, -0.05) is 36.8 Å². The van der Waals surface area contributed by atoms with Crippen molar-refractivity contribution in [2.45, 2.75) is 45.7 Å². The van der Waals surface area contributed by atoms with Crippen LogP contribution in [0.4, 0.5) is 0 Å². The van der Waals surface area contributed by atoms with Crippen molar-refractivity contribution in [1.29, 1.82) is 0 Å². The zero-order chi connectivity index (χ0) is 20.3. The van der Waals surface area contributed by atoms with Gasteiger partial charge < -0.3 is 9.80 Å². The molecular formula is C20H29N3O4S. The molecule has 7 nitrogen and oxygen atoms in total. The summed E-state index contributed by atoms with van der Waals surface area (Å²) in [5.74, 6) is -0.770. The van der Waals surface area contributed by atoms with Crippen LogP contribution < -0.4 is 0 Å². The third-order valence-corrected chi connectivity index (χ3v) is 7.63. The Balaban J connectivity index is 1.57. The number of rotatable bonds is 6. The van der Waals surface area contributed by atoms with Crippen molar-refractivity contribution < 1.29 is 18.0 Å². The van der Waals surface area contributed by atoms with Crippen LogP contribution in [0.5, 0.6) is 0 Å². The molecule has 0 radical (unpaired) electrons. The van der Waals surface area contributed by atoms with Crippen LogP contribution in [0.15, 0.2) is 24.3 Å². The van der Waals surface area contributed by atoms with Crippen LogP contribution in [0.25, 0.3) is 0 Å². The topological polar surface area (TPSA) is 78.0 Å². The zero-order valence-electron chi connectivity index (χ0n) is 16.6. The van der Waals surface area contributed by atoms with Gasteiger partial charge >= 0.3 is 11.8 Å². The highest BCUT2D eigenvalue weighted by Gasteiger charge is 2.38. The summed E-state index contributed by atoms with van der Waals surface area (Å²) in [4.78, 5) is 28.5. The Morgan fingerprint density at radius 1 is 0.964 bits per heavy atom. The second-order valence-electron chi connectivity index (χ2n) is 7.66. The Labute approximate surface area is 167 Å². The van der Waals surface area contributed by atoms with Crippen LogP contribution in [0.1, 0.15) is 37.3 Å². The molecule has 2 fully saturated rings. The van der Waals surface area contributed by atoms with Gasteiger partial charge in [0.2, 0.25) is 10.0 Å².